The quantitative estimate of drug-likeness (QED) is 0.703. The topological polar surface area (TPSA) is 44.1 Å². The predicted molar refractivity (Wildman–Crippen MR) is 55.6 cm³/mol. The molecule has 1 aromatic rings. The maximum atomic E-state index is 12.0. The van der Waals surface area contributed by atoms with Crippen LogP contribution in [0.1, 0.15) is 29.4 Å². The molecule has 4 heteroatoms. The van der Waals surface area contributed by atoms with Gasteiger partial charge in [0.05, 0.1) is 17.9 Å². The lowest BCUT2D eigenvalue weighted by molar-refractivity contribution is 0.0941. The fraction of sp³-hybridized carbons (Fsp3) is 0.455. The number of ether oxygens (including phenoxy) is 1. The molecule has 4 nitrogen and oxygen atoms in total. The molecule has 0 aliphatic carbocycles. The third-order valence-electron chi connectivity index (χ3n) is 2.41. The van der Waals surface area contributed by atoms with Crippen LogP contribution in [0.4, 0.5) is 0 Å². The van der Waals surface area contributed by atoms with Crippen molar-refractivity contribution >= 4 is 5.78 Å². The molecular weight excluding hydrogens is 192 g/mol. The highest BCUT2D eigenvalue weighted by atomic mass is 16.5. The van der Waals surface area contributed by atoms with E-state index >= 15 is 0 Å². The average Bonchev–Trinajstić information content (AvgIpc) is 2.84. The number of allylic oxidation sites excluding steroid dienone is 1. The summed E-state index contributed by atoms with van der Waals surface area (Å²) in [5, 5.41) is 4.23. The molecule has 0 aromatic carbocycles. The van der Waals surface area contributed by atoms with Gasteiger partial charge < -0.3 is 4.74 Å². The minimum atomic E-state index is -0.0440. The molecule has 0 amide bonds. The second kappa shape index (κ2) is 3.88. The maximum Gasteiger partial charge on any atom is 0.230 e. The van der Waals surface area contributed by atoms with E-state index in [1.165, 1.54) is 0 Å². The first-order valence-corrected chi connectivity index (χ1v) is 5.12. The van der Waals surface area contributed by atoms with Crippen molar-refractivity contribution in [2.75, 3.05) is 6.61 Å². The van der Waals surface area contributed by atoms with Crippen LogP contribution in [-0.4, -0.2) is 22.2 Å². The molecule has 0 saturated heterocycles. The Bertz CT molecular complexity index is 418. The van der Waals surface area contributed by atoms with Gasteiger partial charge >= 0.3 is 0 Å². The first kappa shape index (κ1) is 9.96. The van der Waals surface area contributed by atoms with Gasteiger partial charge in [0.15, 0.2) is 5.76 Å². The predicted octanol–water partition coefficient (Wildman–Crippen LogP) is 1.47. The van der Waals surface area contributed by atoms with Crippen LogP contribution >= 0.6 is 0 Å². The number of aromatic nitrogens is 2. The summed E-state index contributed by atoms with van der Waals surface area (Å²) in [4.78, 5) is 12.0. The van der Waals surface area contributed by atoms with Crippen LogP contribution in [0.5, 0.6) is 0 Å². The minimum absolute atomic E-state index is 0.0440. The zero-order valence-corrected chi connectivity index (χ0v) is 8.99. The van der Waals surface area contributed by atoms with E-state index in [2.05, 4.69) is 5.10 Å². The second-order valence-corrected chi connectivity index (χ2v) is 3.55. The van der Waals surface area contributed by atoms with Gasteiger partial charge in [-0.25, -0.2) is 0 Å². The molecule has 1 aliphatic rings. The number of Topliss-reactive ketones (excluding diaryl/α,β-unsaturated/α-hetero) is 1. The summed E-state index contributed by atoms with van der Waals surface area (Å²) >= 11 is 0. The van der Waals surface area contributed by atoms with Gasteiger partial charge in [0.2, 0.25) is 5.78 Å². The fourth-order valence-electron chi connectivity index (χ4n) is 1.69. The molecule has 2 rings (SSSR count). The third-order valence-corrected chi connectivity index (χ3v) is 2.41. The van der Waals surface area contributed by atoms with Crippen LogP contribution in [0.3, 0.4) is 0 Å². The molecule has 1 aliphatic heterocycles. The van der Waals surface area contributed by atoms with Crippen LogP contribution in [-0.2, 0) is 18.2 Å². The van der Waals surface area contributed by atoms with Gasteiger partial charge in [0.25, 0.3) is 0 Å². The first-order chi connectivity index (χ1) is 7.22. The van der Waals surface area contributed by atoms with Crippen LogP contribution in [0.25, 0.3) is 0 Å². The Labute approximate surface area is 88.5 Å². The van der Waals surface area contributed by atoms with Crippen molar-refractivity contribution in [1.29, 1.82) is 0 Å². The van der Waals surface area contributed by atoms with Crippen molar-refractivity contribution < 1.29 is 9.53 Å². The maximum absolute atomic E-state index is 12.0. The van der Waals surface area contributed by atoms with Gasteiger partial charge in [-0.3, -0.25) is 9.48 Å². The van der Waals surface area contributed by atoms with Crippen LogP contribution in [0, 0.1) is 0 Å². The van der Waals surface area contributed by atoms with E-state index in [9.17, 15) is 4.79 Å². The number of nitrogens with zero attached hydrogens (tertiary/aromatic N) is 2. The van der Waals surface area contributed by atoms with Gasteiger partial charge in [-0.15, -0.1) is 0 Å². The highest BCUT2D eigenvalue weighted by Crippen LogP contribution is 2.18. The van der Waals surface area contributed by atoms with Crippen LogP contribution in [0.15, 0.2) is 18.0 Å². The normalized spacial score (nSPS) is 14.9. The Morgan fingerprint density at radius 3 is 3.07 bits per heavy atom. The molecule has 0 spiro atoms. The van der Waals surface area contributed by atoms with E-state index in [1.807, 2.05) is 20.0 Å². The van der Waals surface area contributed by atoms with Gasteiger partial charge in [-0.05, 0) is 12.5 Å². The molecule has 0 N–H and O–H groups in total. The smallest absolute Gasteiger partial charge is 0.230 e. The van der Waals surface area contributed by atoms with Crippen molar-refractivity contribution in [3.63, 3.8) is 0 Å². The molecule has 80 valence electrons. The summed E-state index contributed by atoms with van der Waals surface area (Å²) in [5.41, 5.74) is 1.49. The van der Waals surface area contributed by atoms with E-state index in [1.54, 1.807) is 10.9 Å². The van der Waals surface area contributed by atoms with Crippen molar-refractivity contribution in [3.8, 4) is 0 Å². The lowest BCUT2D eigenvalue weighted by Gasteiger charge is -2.01. The number of hydrogen-bond donors (Lipinski definition) is 0. The lowest BCUT2D eigenvalue weighted by atomic mass is 10.1. The number of hydrogen-bond acceptors (Lipinski definition) is 3. The lowest BCUT2D eigenvalue weighted by Crippen LogP contribution is -2.05. The number of aryl methyl sites for hydroxylation is 2. The molecule has 1 aromatic heterocycles. The van der Waals surface area contributed by atoms with Crippen molar-refractivity contribution in [1.82, 2.24) is 9.78 Å². The van der Waals surface area contributed by atoms with Crippen LogP contribution < -0.4 is 0 Å². The number of rotatable bonds is 3. The van der Waals surface area contributed by atoms with Crippen molar-refractivity contribution in [2.24, 2.45) is 7.05 Å². The minimum Gasteiger partial charge on any atom is -0.489 e. The summed E-state index contributed by atoms with van der Waals surface area (Å²) in [5.74, 6) is 0.426. The molecule has 15 heavy (non-hydrogen) atoms. The summed E-state index contributed by atoms with van der Waals surface area (Å²) in [6.45, 7) is 2.60. The number of carbonyl (C=O) groups is 1. The van der Waals surface area contributed by atoms with Gasteiger partial charge in [-0.1, -0.05) is 6.92 Å². The SMILES string of the molecule is CCc1nn(C)cc1C(=O)C1=CCCO1. The van der Waals surface area contributed by atoms with Crippen molar-refractivity contribution in [2.45, 2.75) is 19.8 Å². The van der Waals surface area contributed by atoms with Crippen LogP contribution in [0.2, 0.25) is 0 Å². The number of carbonyl (C=O) groups excluding carboxylic acids is 1. The summed E-state index contributed by atoms with van der Waals surface area (Å²) in [6.07, 6.45) is 5.18. The second-order valence-electron chi connectivity index (χ2n) is 3.55. The monoisotopic (exact) mass is 206 g/mol. The highest BCUT2D eigenvalue weighted by Gasteiger charge is 2.21. The molecule has 0 saturated carbocycles. The standard InChI is InChI=1S/C11H14N2O2/c1-3-9-8(7-13(2)12-9)11(14)10-5-4-6-15-10/h5,7H,3-4,6H2,1-2H3. The zero-order valence-electron chi connectivity index (χ0n) is 8.99. The largest absolute Gasteiger partial charge is 0.489 e. The Balaban J connectivity index is 2.31. The molecule has 0 bridgehead atoms. The third kappa shape index (κ3) is 1.79. The highest BCUT2D eigenvalue weighted by molar-refractivity contribution is 6.08. The molecule has 0 atom stereocenters. The number of ketones is 1. The average molecular weight is 206 g/mol. The summed E-state index contributed by atoms with van der Waals surface area (Å²) in [7, 11) is 1.82. The molecule has 0 radical (unpaired) electrons. The zero-order chi connectivity index (χ0) is 10.8. The molecular formula is C11H14N2O2. The van der Waals surface area contributed by atoms with E-state index in [0.717, 1.165) is 18.5 Å². The molecule has 0 fully saturated rings. The van der Waals surface area contributed by atoms with Gasteiger partial charge in [0, 0.05) is 19.7 Å². The molecule has 0 unspecified atom stereocenters. The van der Waals surface area contributed by atoms with Gasteiger partial charge in [-0.2, -0.15) is 5.10 Å². The fourth-order valence-corrected chi connectivity index (χ4v) is 1.69. The first-order valence-electron chi connectivity index (χ1n) is 5.12. The summed E-state index contributed by atoms with van der Waals surface area (Å²) < 4.78 is 6.92. The van der Waals surface area contributed by atoms with E-state index in [0.29, 0.717) is 17.9 Å². The molecule has 2 heterocycles. The van der Waals surface area contributed by atoms with E-state index in [4.69, 9.17) is 4.74 Å². The Kier molecular flexibility index (Phi) is 2.58. The summed E-state index contributed by atoms with van der Waals surface area (Å²) in [6, 6.07) is 0. The van der Waals surface area contributed by atoms with E-state index in [-0.39, 0.29) is 5.78 Å². The van der Waals surface area contributed by atoms with Crippen molar-refractivity contribution in [3.05, 3.63) is 29.3 Å². The van der Waals surface area contributed by atoms with Gasteiger partial charge in [0.1, 0.15) is 0 Å². The Morgan fingerprint density at radius 1 is 1.67 bits per heavy atom. The van der Waals surface area contributed by atoms with E-state index < -0.39 is 0 Å². The Morgan fingerprint density at radius 2 is 2.47 bits per heavy atom. The Hall–Kier alpha value is -1.58.